The van der Waals surface area contributed by atoms with Crippen molar-refractivity contribution in [2.75, 3.05) is 5.01 Å². The number of aryl methyl sites for hydroxylation is 1. The van der Waals surface area contributed by atoms with E-state index in [1.165, 1.54) is 5.01 Å². The zero-order valence-corrected chi connectivity index (χ0v) is 10.7. The fraction of sp³-hybridized carbons (Fsp3) is 0.125. The summed E-state index contributed by atoms with van der Waals surface area (Å²) in [6, 6.07) is 17.6. The number of rotatable bonds is 2. The number of amides is 1. The molecule has 3 heteroatoms. The summed E-state index contributed by atoms with van der Waals surface area (Å²) in [5.41, 5.74) is 3.78. The molecule has 0 N–H and O–H groups in total. The van der Waals surface area contributed by atoms with Crippen molar-refractivity contribution in [2.24, 2.45) is 5.10 Å². The maximum Gasteiger partial charge on any atom is 0.253 e. The second kappa shape index (κ2) is 4.69. The molecule has 3 rings (SSSR count). The van der Waals surface area contributed by atoms with Crippen LogP contribution < -0.4 is 5.01 Å². The van der Waals surface area contributed by atoms with Crippen LogP contribution >= 0.6 is 0 Å². The highest BCUT2D eigenvalue weighted by Crippen LogP contribution is 2.23. The molecule has 3 nitrogen and oxygen atoms in total. The predicted molar refractivity (Wildman–Crippen MR) is 76.3 cm³/mol. The molecule has 0 aromatic heterocycles. The second-order valence-electron chi connectivity index (χ2n) is 4.63. The molecule has 0 aliphatic carbocycles. The van der Waals surface area contributed by atoms with Crippen LogP contribution in [0.15, 0.2) is 59.7 Å². The first-order chi connectivity index (χ1) is 9.24. The van der Waals surface area contributed by atoms with Crippen LogP contribution in [0.25, 0.3) is 0 Å². The second-order valence-corrected chi connectivity index (χ2v) is 4.63. The number of carbonyl (C=O) groups is 1. The summed E-state index contributed by atoms with van der Waals surface area (Å²) in [7, 11) is 0. The number of benzene rings is 2. The zero-order valence-electron chi connectivity index (χ0n) is 10.7. The maximum atomic E-state index is 12.1. The minimum Gasteiger partial charge on any atom is -0.272 e. The highest BCUT2D eigenvalue weighted by Gasteiger charge is 2.25. The van der Waals surface area contributed by atoms with Gasteiger partial charge in [0.05, 0.1) is 17.8 Å². The molecule has 0 atom stereocenters. The first-order valence-corrected chi connectivity index (χ1v) is 6.26. The van der Waals surface area contributed by atoms with Gasteiger partial charge in [0, 0.05) is 0 Å². The Balaban J connectivity index is 1.96. The Bertz CT molecular complexity index is 647. The third kappa shape index (κ3) is 2.27. The van der Waals surface area contributed by atoms with Gasteiger partial charge in [0.2, 0.25) is 0 Å². The normalized spacial score (nSPS) is 14.7. The molecule has 2 aromatic rings. The van der Waals surface area contributed by atoms with Crippen LogP contribution in [0, 0.1) is 6.92 Å². The van der Waals surface area contributed by atoms with E-state index in [9.17, 15) is 4.79 Å². The highest BCUT2D eigenvalue weighted by atomic mass is 16.2. The molecule has 0 bridgehead atoms. The molecule has 2 aromatic carbocycles. The molecule has 19 heavy (non-hydrogen) atoms. The summed E-state index contributed by atoms with van der Waals surface area (Å²) in [5, 5.41) is 5.95. The SMILES string of the molecule is Cc1cccc(N2N=C(c3ccccc3)CC2=O)c1. The largest absolute Gasteiger partial charge is 0.272 e. The standard InChI is InChI=1S/C16H14N2O/c1-12-6-5-9-14(10-12)18-16(19)11-15(17-18)13-7-3-2-4-8-13/h2-10H,11H2,1H3. The van der Waals surface area contributed by atoms with Crippen LogP contribution in [0.5, 0.6) is 0 Å². The minimum atomic E-state index is 0.0180. The van der Waals surface area contributed by atoms with Crippen molar-refractivity contribution in [2.45, 2.75) is 13.3 Å². The van der Waals surface area contributed by atoms with Crippen molar-refractivity contribution >= 4 is 17.3 Å². The van der Waals surface area contributed by atoms with Crippen LogP contribution in [-0.4, -0.2) is 11.6 Å². The van der Waals surface area contributed by atoms with E-state index < -0.39 is 0 Å². The Hall–Kier alpha value is -2.42. The Labute approximate surface area is 112 Å². The van der Waals surface area contributed by atoms with Gasteiger partial charge in [-0.15, -0.1) is 0 Å². The Morgan fingerprint density at radius 3 is 2.58 bits per heavy atom. The van der Waals surface area contributed by atoms with Gasteiger partial charge in [-0.2, -0.15) is 5.10 Å². The first-order valence-electron chi connectivity index (χ1n) is 6.26. The summed E-state index contributed by atoms with van der Waals surface area (Å²) in [6.45, 7) is 2.01. The molecule has 0 unspecified atom stereocenters. The van der Waals surface area contributed by atoms with Gasteiger partial charge in [-0.3, -0.25) is 4.79 Å². The van der Waals surface area contributed by atoms with Crippen LogP contribution in [-0.2, 0) is 4.79 Å². The van der Waals surface area contributed by atoms with E-state index in [2.05, 4.69) is 5.10 Å². The predicted octanol–water partition coefficient (Wildman–Crippen LogP) is 3.14. The van der Waals surface area contributed by atoms with E-state index >= 15 is 0 Å². The van der Waals surface area contributed by atoms with Crippen molar-refractivity contribution in [1.82, 2.24) is 0 Å². The van der Waals surface area contributed by atoms with Gasteiger partial charge < -0.3 is 0 Å². The first kappa shape index (κ1) is 11.7. The summed E-state index contributed by atoms with van der Waals surface area (Å²) >= 11 is 0. The quantitative estimate of drug-likeness (QED) is 0.806. The van der Waals surface area contributed by atoms with Crippen LogP contribution in [0.2, 0.25) is 0 Å². The van der Waals surface area contributed by atoms with Crippen molar-refractivity contribution < 1.29 is 4.79 Å². The van der Waals surface area contributed by atoms with Crippen LogP contribution in [0.4, 0.5) is 5.69 Å². The molecule has 0 radical (unpaired) electrons. The van der Waals surface area contributed by atoms with E-state index in [0.29, 0.717) is 6.42 Å². The molecule has 94 valence electrons. The van der Waals surface area contributed by atoms with Gasteiger partial charge in [-0.25, -0.2) is 5.01 Å². The summed E-state index contributed by atoms with van der Waals surface area (Å²) < 4.78 is 0. The number of hydrogen-bond acceptors (Lipinski definition) is 2. The highest BCUT2D eigenvalue weighted by molar-refractivity contribution is 6.19. The minimum absolute atomic E-state index is 0.0180. The van der Waals surface area contributed by atoms with Gasteiger partial charge in [0.25, 0.3) is 5.91 Å². The number of nitrogens with zero attached hydrogens (tertiary/aromatic N) is 2. The molecule has 1 aliphatic heterocycles. The zero-order chi connectivity index (χ0) is 13.2. The third-order valence-corrected chi connectivity index (χ3v) is 3.13. The average molecular weight is 250 g/mol. The molecule has 0 fully saturated rings. The van der Waals surface area contributed by atoms with E-state index in [1.807, 2.05) is 61.5 Å². The van der Waals surface area contributed by atoms with E-state index in [-0.39, 0.29) is 5.91 Å². The molecule has 0 spiro atoms. The van der Waals surface area contributed by atoms with Crippen molar-refractivity contribution in [3.05, 3.63) is 65.7 Å². The molecule has 0 saturated heterocycles. The van der Waals surface area contributed by atoms with Crippen LogP contribution in [0.1, 0.15) is 17.5 Å². The Morgan fingerprint density at radius 2 is 1.84 bits per heavy atom. The molecular weight excluding hydrogens is 236 g/mol. The summed E-state index contributed by atoms with van der Waals surface area (Å²) in [6.07, 6.45) is 0.359. The van der Waals surface area contributed by atoms with E-state index in [0.717, 1.165) is 22.5 Å². The Morgan fingerprint density at radius 1 is 1.05 bits per heavy atom. The maximum absolute atomic E-state index is 12.1. The topological polar surface area (TPSA) is 32.7 Å². The summed E-state index contributed by atoms with van der Waals surface area (Å²) in [4.78, 5) is 12.1. The molecule has 1 amide bonds. The van der Waals surface area contributed by atoms with Gasteiger partial charge in [0.15, 0.2) is 0 Å². The summed E-state index contributed by atoms with van der Waals surface area (Å²) in [5.74, 6) is 0.0180. The Kier molecular flexibility index (Phi) is 2.88. The van der Waals surface area contributed by atoms with Crippen LogP contribution in [0.3, 0.4) is 0 Å². The molecule has 1 aliphatic rings. The lowest BCUT2D eigenvalue weighted by atomic mass is 10.1. The third-order valence-electron chi connectivity index (χ3n) is 3.13. The van der Waals surface area contributed by atoms with Gasteiger partial charge in [-0.1, -0.05) is 42.5 Å². The lowest BCUT2D eigenvalue weighted by Gasteiger charge is -2.11. The fourth-order valence-corrected chi connectivity index (χ4v) is 2.18. The van der Waals surface area contributed by atoms with Crippen molar-refractivity contribution in [1.29, 1.82) is 0 Å². The molecule has 0 saturated carbocycles. The number of anilines is 1. The van der Waals surface area contributed by atoms with Gasteiger partial charge >= 0.3 is 0 Å². The lowest BCUT2D eigenvalue weighted by molar-refractivity contribution is -0.116. The van der Waals surface area contributed by atoms with Gasteiger partial charge in [0.1, 0.15) is 0 Å². The van der Waals surface area contributed by atoms with E-state index in [1.54, 1.807) is 0 Å². The average Bonchev–Trinajstić information content (AvgIpc) is 2.82. The molecule has 1 heterocycles. The fourth-order valence-electron chi connectivity index (χ4n) is 2.18. The lowest BCUT2D eigenvalue weighted by Crippen LogP contribution is -2.19. The number of hydrogen-bond donors (Lipinski definition) is 0. The number of carbonyl (C=O) groups excluding carboxylic acids is 1. The van der Waals surface area contributed by atoms with Crippen molar-refractivity contribution in [3.8, 4) is 0 Å². The molecular formula is C16H14N2O. The van der Waals surface area contributed by atoms with E-state index in [4.69, 9.17) is 0 Å². The number of hydrazone groups is 1. The monoisotopic (exact) mass is 250 g/mol. The van der Waals surface area contributed by atoms with Gasteiger partial charge in [-0.05, 0) is 30.2 Å². The smallest absolute Gasteiger partial charge is 0.253 e. The van der Waals surface area contributed by atoms with Crippen molar-refractivity contribution in [3.63, 3.8) is 0 Å².